The maximum absolute atomic E-state index is 12.8. The van der Waals surface area contributed by atoms with E-state index in [1.165, 1.54) is 22.8 Å². The van der Waals surface area contributed by atoms with E-state index < -0.39 is 10.0 Å². The van der Waals surface area contributed by atoms with Crippen molar-refractivity contribution in [3.63, 3.8) is 0 Å². The van der Waals surface area contributed by atoms with E-state index in [9.17, 15) is 13.2 Å². The number of carbonyl (C=O) groups is 1. The third-order valence-electron chi connectivity index (χ3n) is 4.39. The topological polar surface area (TPSA) is 66.5 Å². The van der Waals surface area contributed by atoms with Gasteiger partial charge in [0.1, 0.15) is 0 Å². The van der Waals surface area contributed by atoms with Crippen LogP contribution >= 0.6 is 11.3 Å². The number of rotatable bonds is 6. The van der Waals surface area contributed by atoms with Crippen molar-refractivity contribution < 1.29 is 13.2 Å². The van der Waals surface area contributed by atoms with E-state index in [1.807, 2.05) is 62.4 Å². The first-order valence-corrected chi connectivity index (χ1v) is 11.1. The minimum absolute atomic E-state index is 0.127. The van der Waals surface area contributed by atoms with Gasteiger partial charge < -0.3 is 5.32 Å². The van der Waals surface area contributed by atoms with E-state index in [-0.39, 0.29) is 17.3 Å². The summed E-state index contributed by atoms with van der Waals surface area (Å²) < 4.78 is 26.9. The Labute approximate surface area is 169 Å². The van der Waals surface area contributed by atoms with Crippen LogP contribution in [0.4, 0.5) is 5.69 Å². The number of anilines is 1. The van der Waals surface area contributed by atoms with Crippen LogP contribution in [0.3, 0.4) is 0 Å². The molecular weight excluding hydrogens is 392 g/mol. The molecule has 0 unspecified atom stereocenters. The molecular formula is C21H22N2O3S2. The monoisotopic (exact) mass is 414 g/mol. The molecule has 0 bridgehead atoms. The molecule has 0 atom stereocenters. The van der Waals surface area contributed by atoms with Gasteiger partial charge in [0.05, 0.1) is 9.77 Å². The molecule has 0 spiro atoms. The smallest absolute Gasteiger partial charge is 0.265 e. The van der Waals surface area contributed by atoms with E-state index in [2.05, 4.69) is 5.32 Å². The molecule has 0 aliphatic carbocycles. The van der Waals surface area contributed by atoms with Crippen LogP contribution in [0.5, 0.6) is 0 Å². The average Bonchev–Trinajstić information content (AvgIpc) is 3.16. The van der Waals surface area contributed by atoms with Gasteiger partial charge in [-0.05, 0) is 37.1 Å². The molecule has 7 heteroatoms. The van der Waals surface area contributed by atoms with Crippen LogP contribution in [0, 0.1) is 13.8 Å². The van der Waals surface area contributed by atoms with Gasteiger partial charge in [-0.15, -0.1) is 11.3 Å². The van der Waals surface area contributed by atoms with Crippen LogP contribution in [0.25, 0.3) is 0 Å². The molecule has 1 N–H and O–H groups in total. The third kappa shape index (κ3) is 4.49. The van der Waals surface area contributed by atoms with Crippen molar-refractivity contribution in [2.24, 2.45) is 0 Å². The number of carbonyl (C=O) groups excluding carboxylic acids is 1. The molecule has 0 radical (unpaired) electrons. The first-order valence-electron chi connectivity index (χ1n) is 8.75. The molecule has 0 saturated carbocycles. The lowest BCUT2D eigenvalue weighted by Crippen LogP contribution is -2.26. The summed E-state index contributed by atoms with van der Waals surface area (Å²) in [5.41, 5.74) is 3.69. The molecule has 2 aromatic carbocycles. The van der Waals surface area contributed by atoms with Crippen molar-refractivity contribution in [3.8, 4) is 0 Å². The number of aryl methyl sites for hydroxylation is 2. The van der Waals surface area contributed by atoms with Gasteiger partial charge in [-0.25, -0.2) is 8.42 Å². The van der Waals surface area contributed by atoms with Gasteiger partial charge in [-0.3, -0.25) is 4.79 Å². The van der Waals surface area contributed by atoms with Gasteiger partial charge >= 0.3 is 0 Å². The van der Waals surface area contributed by atoms with E-state index >= 15 is 0 Å². The summed E-state index contributed by atoms with van der Waals surface area (Å²) in [6, 6.07) is 16.6. The van der Waals surface area contributed by atoms with Crippen LogP contribution in [0.1, 0.15) is 26.4 Å². The van der Waals surface area contributed by atoms with Crippen molar-refractivity contribution in [1.29, 1.82) is 0 Å². The zero-order chi connectivity index (χ0) is 20.3. The van der Waals surface area contributed by atoms with Gasteiger partial charge in [-0.2, -0.15) is 4.31 Å². The van der Waals surface area contributed by atoms with E-state index in [1.54, 1.807) is 0 Å². The second-order valence-corrected chi connectivity index (χ2v) is 9.62. The Kier molecular flexibility index (Phi) is 5.98. The lowest BCUT2D eigenvalue weighted by molar-refractivity contribution is 0.103. The highest BCUT2D eigenvalue weighted by atomic mass is 32.2. The van der Waals surface area contributed by atoms with Gasteiger partial charge in [0, 0.05) is 24.7 Å². The van der Waals surface area contributed by atoms with Crippen LogP contribution in [-0.4, -0.2) is 25.7 Å². The Balaban J connectivity index is 1.75. The first-order chi connectivity index (χ1) is 13.3. The number of benzene rings is 2. The molecule has 0 aliphatic heterocycles. The number of nitrogens with zero attached hydrogens (tertiary/aromatic N) is 1. The highest BCUT2D eigenvalue weighted by molar-refractivity contribution is 7.89. The Hall–Kier alpha value is -2.48. The van der Waals surface area contributed by atoms with Crippen molar-refractivity contribution >= 4 is 33.0 Å². The number of sulfonamides is 1. The lowest BCUT2D eigenvalue weighted by Gasteiger charge is -2.16. The maximum Gasteiger partial charge on any atom is 0.265 e. The number of hydrogen-bond acceptors (Lipinski definition) is 4. The second-order valence-electron chi connectivity index (χ2n) is 6.67. The number of nitrogens with one attached hydrogen (secondary N) is 1. The van der Waals surface area contributed by atoms with Crippen molar-refractivity contribution in [3.05, 3.63) is 81.5 Å². The highest BCUT2D eigenvalue weighted by Gasteiger charge is 2.24. The van der Waals surface area contributed by atoms with Crippen LogP contribution in [0.2, 0.25) is 0 Å². The maximum atomic E-state index is 12.8. The molecule has 3 rings (SSSR count). The van der Waals surface area contributed by atoms with Gasteiger partial charge in [0.15, 0.2) is 0 Å². The minimum atomic E-state index is -3.67. The Morgan fingerprint density at radius 1 is 1.07 bits per heavy atom. The number of amides is 1. The van der Waals surface area contributed by atoms with Crippen LogP contribution < -0.4 is 5.32 Å². The summed E-state index contributed by atoms with van der Waals surface area (Å²) in [7, 11) is -2.14. The summed E-state index contributed by atoms with van der Waals surface area (Å²) in [5, 5.41) is 4.36. The van der Waals surface area contributed by atoms with Gasteiger partial charge in [0.2, 0.25) is 10.0 Å². The second kappa shape index (κ2) is 8.26. The minimum Gasteiger partial charge on any atom is -0.321 e. The molecule has 1 aromatic heterocycles. The molecule has 146 valence electrons. The summed E-state index contributed by atoms with van der Waals surface area (Å²) in [4.78, 5) is 13.0. The predicted molar refractivity (Wildman–Crippen MR) is 113 cm³/mol. The molecule has 0 aliphatic rings. The van der Waals surface area contributed by atoms with Crippen molar-refractivity contribution in [2.75, 3.05) is 12.4 Å². The summed E-state index contributed by atoms with van der Waals surface area (Å²) in [6.07, 6.45) is 0. The quantitative estimate of drug-likeness (QED) is 0.648. The number of thiophene rings is 1. The Morgan fingerprint density at radius 3 is 2.46 bits per heavy atom. The zero-order valence-electron chi connectivity index (χ0n) is 16.0. The largest absolute Gasteiger partial charge is 0.321 e. The first kappa shape index (κ1) is 20.3. The molecule has 5 nitrogen and oxygen atoms in total. The molecule has 0 fully saturated rings. The lowest BCUT2D eigenvalue weighted by atomic mass is 10.1. The molecule has 28 heavy (non-hydrogen) atoms. The predicted octanol–water partition coefficient (Wildman–Crippen LogP) is 4.44. The van der Waals surface area contributed by atoms with Crippen molar-refractivity contribution in [2.45, 2.75) is 25.3 Å². The number of hydrogen-bond donors (Lipinski definition) is 1. The summed E-state index contributed by atoms with van der Waals surface area (Å²) in [6.45, 7) is 4.18. The molecule has 1 amide bonds. The highest BCUT2D eigenvalue weighted by Crippen LogP contribution is 2.25. The van der Waals surface area contributed by atoms with Gasteiger partial charge in [0.25, 0.3) is 5.91 Å². The average molecular weight is 415 g/mol. The van der Waals surface area contributed by atoms with Crippen molar-refractivity contribution in [1.82, 2.24) is 4.31 Å². The third-order valence-corrected chi connectivity index (χ3v) is 7.24. The Morgan fingerprint density at radius 2 is 1.79 bits per heavy atom. The zero-order valence-corrected chi connectivity index (χ0v) is 17.6. The fourth-order valence-corrected chi connectivity index (χ4v) is 5.13. The molecule has 0 saturated heterocycles. The standard InChI is InChI=1S/C21H22N2O3S2/c1-15-9-10-19(16(2)11-15)22-21(24)20-12-18(14-27-20)28(25,26)23(3)13-17-7-5-4-6-8-17/h4-12,14H,13H2,1-3H3,(H,22,24). The Bertz CT molecular complexity index is 1090. The van der Waals surface area contributed by atoms with Crippen LogP contribution in [0.15, 0.2) is 64.9 Å². The van der Waals surface area contributed by atoms with Crippen LogP contribution in [-0.2, 0) is 16.6 Å². The van der Waals surface area contributed by atoms with E-state index in [0.717, 1.165) is 33.7 Å². The summed E-state index contributed by atoms with van der Waals surface area (Å²) in [5.74, 6) is -0.316. The fourth-order valence-electron chi connectivity index (χ4n) is 2.82. The fraction of sp³-hybridized carbons (Fsp3) is 0.190. The van der Waals surface area contributed by atoms with E-state index in [0.29, 0.717) is 4.88 Å². The van der Waals surface area contributed by atoms with E-state index in [4.69, 9.17) is 0 Å². The SMILES string of the molecule is Cc1ccc(NC(=O)c2cc(S(=O)(=O)N(C)Cc3ccccc3)cs2)c(C)c1. The molecule has 1 heterocycles. The normalized spacial score (nSPS) is 11.6. The van der Waals surface area contributed by atoms with Gasteiger partial charge in [-0.1, -0.05) is 48.0 Å². The summed E-state index contributed by atoms with van der Waals surface area (Å²) >= 11 is 1.12. The molecule has 3 aromatic rings.